The van der Waals surface area contributed by atoms with E-state index >= 15 is 0 Å². The third kappa shape index (κ3) is 4.14. The first-order valence-corrected chi connectivity index (χ1v) is 5.12. The van der Waals surface area contributed by atoms with Gasteiger partial charge in [0.2, 0.25) is 0 Å². The molecule has 0 bridgehead atoms. The zero-order chi connectivity index (χ0) is 13.1. The van der Waals surface area contributed by atoms with Crippen LogP contribution in [0.4, 0.5) is 24.5 Å². The zero-order valence-corrected chi connectivity index (χ0v) is 9.46. The molecule has 0 atom stereocenters. The van der Waals surface area contributed by atoms with E-state index in [9.17, 15) is 13.2 Å². The molecule has 0 spiro atoms. The van der Waals surface area contributed by atoms with Crippen molar-refractivity contribution in [1.29, 1.82) is 0 Å². The molecule has 17 heavy (non-hydrogen) atoms. The van der Waals surface area contributed by atoms with Crippen molar-refractivity contribution in [2.24, 2.45) is 0 Å². The van der Waals surface area contributed by atoms with Gasteiger partial charge < -0.3 is 15.7 Å². The first-order valence-electron chi connectivity index (χ1n) is 5.12. The number of alkyl halides is 3. The molecule has 1 aromatic carbocycles. The number of hydrogen-bond acceptors (Lipinski definition) is 3. The highest BCUT2D eigenvalue weighted by Crippen LogP contribution is 2.27. The number of nitrogens with zero attached hydrogens (tertiary/aromatic N) is 1. The lowest BCUT2D eigenvalue weighted by Gasteiger charge is -2.26. The summed E-state index contributed by atoms with van der Waals surface area (Å²) >= 11 is 0. The van der Waals surface area contributed by atoms with Gasteiger partial charge >= 0.3 is 6.18 Å². The number of aliphatic hydroxyl groups is 1. The number of aliphatic hydroxyl groups excluding tert-OH is 1. The minimum atomic E-state index is -4.33. The van der Waals surface area contributed by atoms with E-state index in [1.54, 1.807) is 25.1 Å². The Morgan fingerprint density at radius 1 is 1.35 bits per heavy atom. The molecule has 0 saturated heterocycles. The fourth-order valence-corrected chi connectivity index (χ4v) is 1.55. The van der Waals surface area contributed by atoms with E-state index in [4.69, 9.17) is 10.8 Å². The first kappa shape index (κ1) is 13.6. The molecular weight excluding hydrogens is 233 g/mol. The van der Waals surface area contributed by atoms with Crippen LogP contribution in [0, 0.1) is 6.92 Å². The van der Waals surface area contributed by atoms with Crippen molar-refractivity contribution >= 4 is 11.4 Å². The molecule has 1 aromatic rings. The van der Waals surface area contributed by atoms with E-state index in [-0.39, 0.29) is 18.8 Å². The predicted octanol–water partition coefficient (Wildman–Crippen LogP) is 1.94. The standard InChI is InChI=1S/C11H15F3N2O/c1-8-2-3-9(15)10(6-8)16(4-5-17)7-11(12,13)14/h2-3,6,17H,4-5,7,15H2,1H3. The van der Waals surface area contributed by atoms with Crippen LogP contribution in [0.15, 0.2) is 18.2 Å². The largest absolute Gasteiger partial charge is 0.405 e. The molecule has 96 valence electrons. The number of anilines is 2. The Morgan fingerprint density at radius 3 is 2.53 bits per heavy atom. The summed E-state index contributed by atoms with van der Waals surface area (Å²) in [5.41, 5.74) is 7.04. The van der Waals surface area contributed by atoms with Gasteiger partial charge in [-0.15, -0.1) is 0 Å². The lowest BCUT2D eigenvalue weighted by Crippen LogP contribution is -2.36. The van der Waals surface area contributed by atoms with E-state index in [0.29, 0.717) is 5.69 Å². The Kier molecular flexibility index (Phi) is 4.22. The van der Waals surface area contributed by atoms with Gasteiger partial charge in [-0.3, -0.25) is 0 Å². The van der Waals surface area contributed by atoms with Crippen LogP contribution in [0.5, 0.6) is 0 Å². The third-order valence-corrected chi connectivity index (χ3v) is 2.27. The quantitative estimate of drug-likeness (QED) is 0.800. The van der Waals surface area contributed by atoms with Crippen LogP contribution in [0.1, 0.15) is 5.56 Å². The molecule has 0 fully saturated rings. The van der Waals surface area contributed by atoms with E-state index in [0.717, 1.165) is 10.5 Å². The molecular formula is C11H15F3N2O. The molecule has 0 unspecified atom stereocenters. The van der Waals surface area contributed by atoms with Crippen LogP contribution >= 0.6 is 0 Å². The van der Waals surface area contributed by atoms with Crippen LogP contribution in [0.2, 0.25) is 0 Å². The van der Waals surface area contributed by atoms with Crippen LogP contribution in [-0.2, 0) is 0 Å². The van der Waals surface area contributed by atoms with Gasteiger partial charge in [-0.25, -0.2) is 0 Å². The van der Waals surface area contributed by atoms with Crippen LogP contribution < -0.4 is 10.6 Å². The molecule has 0 radical (unpaired) electrons. The minimum Gasteiger partial charge on any atom is -0.397 e. The SMILES string of the molecule is Cc1ccc(N)c(N(CCO)CC(F)(F)F)c1. The Balaban J connectivity index is 3.00. The number of aryl methyl sites for hydroxylation is 1. The Bertz CT molecular complexity index is 379. The van der Waals surface area contributed by atoms with Gasteiger partial charge in [0.15, 0.2) is 0 Å². The molecule has 0 heterocycles. The minimum absolute atomic E-state index is 0.104. The lowest BCUT2D eigenvalue weighted by molar-refractivity contribution is -0.119. The number of nitrogen functional groups attached to an aromatic ring is 1. The molecule has 0 aliphatic rings. The lowest BCUT2D eigenvalue weighted by atomic mass is 10.1. The molecule has 6 heteroatoms. The van der Waals surface area contributed by atoms with Crippen LogP contribution in [0.25, 0.3) is 0 Å². The van der Waals surface area contributed by atoms with Gasteiger partial charge in [0.05, 0.1) is 18.0 Å². The van der Waals surface area contributed by atoms with Gasteiger partial charge in [0, 0.05) is 6.54 Å². The number of rotatable bonds is 4. The van der Waals surface area contributed by atoms with E-state index in [1.807, 2.05) is 0 Å². The van der Waals surface area contributed by atoms with Gasteiger partial charge in [0.25, 0.3) is 0 Å². The summed E-state index contributed by atoms with van der Waals surface area (Å²) in [6.45, 7) is 0.186. The van der Waals surface area contributed by atoms with Crippen LogP contribution in [0.3, 0.4) is 0 Å². The maximum atomic E-state index is 12.4. The summed E-state index contributed by atoms with van der Waals surface area (Å²) in [6, 6.07) is 4.87. The number of benzene rings is 1. The monoisotopic (exact) mass is 248 g/mol. The maximum Gasteiger partial charge on any atom is 0.405 e. The fourth-order valence-electron chi connectivity index (χ4n) is 1.55. The maximum absolute atomic E-state index is 12.4. The molecule has 3 nitrogen and oxygen atoms in total. The second-order valence-electron chi connectivity index (χ2n) is 3.82. The number of nitrogens with two attached hydrogens (primary N) is 1. The third-order valence-electron chi connectivity index (χ3n) is 2.27. The number of halogens is 3. The molecule has 1 rings (SSSR count). The second kappa shape index (κ2) is 5.27. The average Bonchev–Trinajstić information content (AvgIpc) is 2.19. The fraction of sp³-hybridized carbons (Fsp3) is 0.455. The Hall–Kier alpha value is -1.43. The highest BCUT2D eigenvalue weighted by atomic mass is 19.4. The van der Waals surface area contributed by atoms with E-state index < -0.39 is 12.7 Å². The zero-order valence-electron chi connectivity index (χ0n) is 9.46. The summed E-state index contributed by atoms with van der Waals surface area (Å²) in [7, 11) is 0. The van der Waals surface area contributed by atoms with Crippen molar-refractivity contribution < 1.29 is 18.3 Å². The van der Waals surface area contributed by atoms with Gasteiger partial charge in [-0.2, -0.15) is 13.2 Å². The molecule has 0 aliphatic carbocycles. The molecule has 3 N–H and O–H groups in total. The highest BCUT2D eigenvalue weighted by molar-refractivity contribution is 5.68. The number of hydrogen-bond donors (Lipinski definition) is 2. The van der Waals surface area contributed by atoms with Crippen molar-refractivity contribution in [2.75, 3.05) is 30.3 Å². The Labute approximate surface area is 97.6 Å². The molecule has 0 aliphatic heterocycles. The van der Waals surface area contributed by atoms with E-state index in [1.165, 1.54) is 0 Å². The van der Waals surface area contributed by atoms with E-state index in [2.05, 4.69) is 0 Å². The van der Waals surface area contributed by atoms with Crippen molar-refractivity contribution in [3.8, 4) is 0 Å². The summed E-state index contributed by atoms with van der Waals surface area (Å²) in [5.74, 6) is 0. The van der Waals surface area contributed by atoms with Crippen molar-refractivity contribution in [3.05, 3.63) is 23.8 Å². The normalized spacial score (nSPS) is 11.6. The molecule has 0 amide bonds. The summed E-state index contributed by atoms with van der Waals surface area (Å²) in [5, 5.41) is 8.81. The molecule has 0 aromatic heterocycles. The Morgan fingerprint density at radius 2 is 2.00 bits per heavy atom. The second-order valence-corrected chi connectivity index (χ2v) is 3.82. The average molecular weight is 248 g/mol. The van der Waals surface area contributed by atoms with Gasteiger partial charge in [-0.05, 0) is 24.6 Å². The highest BCUT2D eigenvalue weighted by Gasteiger charge is 2.31. The van der Waals surface area contributed by atoms with Gasteiger partial charge in [-0.1, -0.05) is 6.07 Å². The van der Waals surface area contributed by atoms with Crippen molar-refractivity contribution in [2.45, 2.75) is 13.1 Å². The predicted molar refractivity (Wildman–Crippen MR) is 60.9 cm³/mol. The summed E-state index contributed by atoms with van der Waals surface area (Å²) in [6.07, 6.45) is -4.33. The van der Waals surface area contributed by atoms with Crippen LogP contribution in [-0.4, -0.2) is 31.0 Å². The summed E-state index contributed by atoms with van der Waals surface area (Å²) in [4.78, 5) is 1.03. The van der Waals surface area contributed by atoms with Gasteiger partial charge in [0.1, 0.15) is 6.54 Å². The summed E-state index contributed by atoms with van der Waals surface area (Å²) < 4.78 is 37.1. The smallest absolute Gasteiger partial charge is 0.397 e. The van der Waals surface area contributed by atoms with Crippen molar-refractivity contribution in [3.63, 3.8) is 0 Å². The first-order chi connectivity index (χ1) is 7.83. The topological polar surface area (TPSA) is 49.5 Å². The van der Waals surface area contributed by atoms with Crippen molar-refractivity contribution in [1.82, 2.24) is 0 Å². The molecule has 0 saturated carbocycles.